The zero-order valence-electron chi connectivity index (χ0n) is 15.9. The van der Waals surface area contributed by atoms with Gasteiger partial charge in [0.1, 0.15) is 0 Å². The summed E-state index contributed by atoms with van der Waals surface area (Å²) in [5, 5.41) is 2.76. The summed E-state index contributed by atoms with van der Waals surface area (Å²) in [4.78, 5) is 26.0. The van der Waals surface area contributed by atoms with Crippen molar-refractivity contribution in [3.05, 3.63) is 0 Å². The lowest BCUT2D eigenvalue weighted by Crippen LogP contribution is -2.40. The van der Waals surface area contributed by atoms with Crippen LogP contribution in [0.15, 0.2) is 0 Å². The van der Waals surface area contributed by atoms with E-state index < -0.39 is 12.3 Å². The number of ether oxygens (including phenoxy) is 1. The number of unbranched alkanes of at least 4 members (excludes halogenated alkanes) is 7. The molecule has 146 valence electrons. The first-order valence-electron chi connectivity index (χ1n) is 10.1. The zero-order valence-corrected chi connectivity index (χ0v) is 15.9. The van der Waals surface area contributed by atoms with E-state index >= 15 is 0 Å². The Kier molecular flexibility index (Phi) is 12.1. The standard InChI is InChI=1S/C19H37N3O3/c1-2-3-4-5-6-8-12-17(23)22-16-11-13-18(22)25-19(24)21-15-10-7-9-14-20/h18H,2-16,20H2,1H3,(H,21,24)/t18-/m1/s1. The number of carbonyl (C=O) groups is 2. The monoisotopic (exact) mass is 355 g/mol. The van der Waals surface area contributed by atoms with Crippen molar-refractivity contribution in [2.75, 3.05) is 19.6 Å². The summed E-state index contributed by atoms with van der Waals surface area (Å²) >= 11 is 0. The summed E-state index contributed by atoms with van der Waals surface area (Å²) < 4.78 is 5.44. The molecule has 1 aliphatic heterocycles. The number of hydrogen-bond donors (Lipinski definition) is 2. The molecule has 0 aromatic rings. The Balaban J connectivity index is 2.19. The van der Waals surface area contributed by atoms with Gasteiger partial charge in [0.25, 0.3) is 0 Å². The second-order valence-corrected chi connectivity index (χ2v) is 6.88. The van der Waals surface area contributed by atoms with Gasteiger partial charge >= 0.3 is 6.09 Å². The Morgan fingerprint density at radius 2 is 1.80 bits per heavy atom. The van der Waals surface area contributed by atoms with E-state index in [0.29, 0.717) is 26.1 Å². The largest absolute Gasteiger partial charge is 0.425 e. The van der Waals surface area contributed by atoms with E-state index in [1.807, 2.05) is 0 Å². The molecule has 1 fully saturated rings. The van der Waals surface area contributed by atoms with Gasteiger partial charge in [0.15, 0.2) is 6.23 Å². The molecule has 1 atom stereocenters. The van der Waals surface area contributed by atoms with Gasteiger partial charge in [-0.25, -0.2) is 4.79 Å². The fourth-order valence-electron chi connectivity index (χ4n) is 3.15. The molecule has 3 N–H and O–H groups in total. The molecule has 2 amide bonds. The van der Waals surface area contributed by atoms with Gasteiger partial charge < -0.3 is 20.7 Å². The van der Waals surface area contributed by atoms with Crippen molar-refractivity contribution in [2.45, 2.75) is 90.2 Å². The molecule has 1 aliphatic rings. The average Bonchev–Trinajstić information content (AvgIpc) is 3.05. The number of nitrogens with two attached hydrogens (primary N) is 1. The van der Waals surface area contributed by atoms with Gasteiger partial charge in [-0.2, -0.15) is 0 Å². The molecule has 0 saturated carbocycles. The maximum absolute atomic E-state index is 12.4. The van der Waals surface area contributed by atoms with E-state index in [-0.39, 0.29) is 5.91 Å². The van der Waals surface area contributed by atoms with Gasteiger partial charge in [0.2, 0.25) is 5.91 Å². The highest BCUT2D eigenvalue weighted by Gasteiger charge is 2.31. The zero-order chi connectivity index (χ0) is 18.3. The minimum atomic E-state index is -0.419. The van der Waals surface area contributed by atoms with Crippen LogP contribution in [0.5, 0.6) is 0 Å². The molecule has 0 aliphatic carbocycles. The van der Waals surface area contributed by atoms with Crippen LogP contribution in [-0.4, -0.2) is 42.8 Å². The minimum absolute atomic E-state index is 0.119. The number of amides is 2. The molecular weight excluding hydrogens is 318 g/mol. The predicted molar refractivity (Wildman–Crippen MR) is 100 cm³/mol. The van der Waals surface area contributed by atoms with Crippen LogP contribution in [0.4, 0.5) is 4.79 Å². The number of nitrogens with zero attached hydrogens (tertiary/aromatic N) is 1. The molecule has 0 spiro atoms. The third-order valence-corrected chi connectivity index (χ3v) is 4.66. The molecule has 0 radical (unpaired) electrons. The first-order valence-corrected chi connectivity index (χ1v) is 10.1. The Bertz CT molecular complexity index is 377. The molecule has 0 unspecified atom stereocenters. The summed E-state index contributed by atoms with van der Waals surface area (Å²) in [5.41, 5.74) is 5.44. The molecule has 1 rings (SSSR count). The van der Waals surface area contributed by atoms with Crippen LogP contribution in [0.3, 0.4) is 0 Å². The van der Waals surface area contributed by atoms with Gasteiger partial charge in [-0.3, -0.25) is 4.79 Å². The molecule has 0 aromatic carbocycles. The van der Waals surface area contributed by atoms with Crippen molar-refractivity contribution < 1.29 is 14.3 Å². The van der Waals surface area contributed by atoms with Crippen LogP contribution in [0.1, 0.15) is 84.0 Å². The Morgan fingerprint density at radius 1 is 1.08 bits per heavy atom. The maximum atomic E-state index is 12.4. The lowest BCUT2D eigenvalue weighted by molar-refractivity contribution is -0.138. The molecule has 0 bridgehead atoms. The number of hydrogen-bond acceptors (Lipinski definition) is 4. The van der Waals surface area contributed by atoms with E-state index in [4.69, 9.17) is 10.5 Å². The quantitative estimate of drug-likeness (QED) is 0.495. The van der Waals surface area contributed by atoms with Crippen molar-refractivity contribution in [3.63, 3.8) is 0 Å². The number of nitrogens with one attached hydrogen (secondary N) is 1. The Morgan fingerprint density at radius 3 is 2.56 bits per heavy atom. The lowest BCUT2D eigenvalue weighted by Gasteiger charge is -2.24. The van der Waals surface area contributed by atoms with Crippen molar-refractivity contribution in [1.82, 2.24) is 10.2 Å². The highest BCUT2D eigenvalue weighted by Crippen LogP contribution is 2.20. The van der Waals surface area contributed by atoms with Gasteiger partial charge in [-0.15, -0.1) is 0 Å². The normalized spacial score (nSPS) is 16.9. The topological polar surface area (TPSA) is 84.7 Å². The van der Waals surface area contributed by atoms with E-state index in [1.54, 1.807) is 4.90 Å². The summed E-state index contributed by atoms with van der Waals surface area (Å²) in [7, 11) is 0. The predicted octanol–water partition coefficient (Wildman–Crippen LogP) is 3.54. The molecule has 1 heterocycles. The number of likely N-dealkylation sites (tertiary alicyclic amines) is 1. The van der Waals surface area contributed by atoms with E-state index in [2.05, 4.69) is 12.2 Å². The van der Waals surface area contributed by atoms with Crippen LogP contribution in [0.2, 0.25) is 0 Å². The van der Waals surface area contributed by atoms with Crippen molar-refractivity contribution >= 4 is 12.0 Å². The third kappa shape index (κ3) is 9.68. The van der Waals surface area contributed by atoms with Crippen LogP contribution < -0.4 is 11.1 Å². The fraction of sp³-hybridized carbons (Fsp3) is 0.895. The molecule has 0 aromatic heterocycles. The minimum Gasteiger partial charge on any atom is -0.425 e. The first-order chi connectivity index (χ1) is 12.2. The molecule has 25 heavy (non-hydrogen) atoms. The summed E-state index contributed by atoms with van der Waals surface area (Å²) in [6.07, 6.45) is 11.3. The lowest BCUT2D eigenvalue weighted by atomic mass is 10.1. The van der Waals surface area contributed by atoms with Crippen molar-refractivity contribution in [1.29, 1.82) is 0 Å². The maximum Gasteiger partial charge on any atom is 0.409 e. The van der Waals surface area contributed by atoms with Gasteiger partial charge in [0, 0.05) is 25.9 Å². The second-order valence-electron chi connectivity index (χ2n) is 6.88. The van der Waals surface area contributed by atoms with Crippen LogP contribution in [-0.2, 0) is 9.53 Å². The summed E-state index contributed by atoms with van der Waals surface area (Å²) in [6, 6.07) is 0. The SMILES string of the molecule is CCCCCCCCC(=O)N1CCC[C@H]1OC(=O)NCCCCCN. The molecular formula is C19H37N3O3. The van der Waals surface area contributed by atoms with Gasteiger partial charge in [-0.1, -0.05) is 45.4 Å². The van der Waals surface area contributed by atoms with Crippen LogP contribution in [0.25, 0.3) is 0 Å². The molecule has 6 nitrogen and oxygen atoms in total. The molecule has 1 saturated heterocycles. The smallest absolute Gasteiger partial charge is 0.409 e. The van der Waals surface area contributed by atoms with E-state index in [1.165, 1.54) is 25.7 Å². The number of alkyl carbamates (subject to hydrolysis) is 1. The third-order valence-electron chi connectivity index (χ3n) is 4.66. The van der Waals surface area contributed by atoms with Crippen LogP contribution >= 0.6 is 0 Å². The van der Waals surface area contributed by atoms with Crippen molar-refractivity contribution in [3.8, 4) is 0 Å². The fourth-order valence-corrected chi connectivity index (χ4v) is 3.15. The number of rotatable bonds is 13. The summed E-state index contributed by atoms with van der Waals surface area (Å²) in [5.74, 6) is 0.119. The van der Waals surface area contributed by atoms with E-state index in [0.717, 1.165) is 44.9 Å². The Hall–Kier alpha value is -1.30. The molecule has 6 heteroatoms. The number of carbonyl (C=O) groups excluding carboxylic acids is 2. The highest BCUT2D eigenvalue weighted by molar-refractivity contribution is 5.77. The highest BCUT2D eigenvalue weighted by atomic mass is 16.6. The van der Waals surface area contributed by atoms with E-state index in [9.17, 15) is 9.59 Å². The van der Waals surface area contributed by atoms with Crippen LogP contribution in [0, 0.1) is 0 Å². The Labute approximate surface area is 152 Å². The van der Waals surface area contributed by atoms with Gasteiger partial charge in [0.05, 0.1) is 0 Å². The van der Waals surface area contributed by atoms with Crippen molar-refractivity contribution in [2.24, 2.45) is 5.73 Å². The van der Waals surface area contributed by atoms with Gasteiger partial charge in [-0.05, 0) is 32.2 Å². The summed E-state index contributed by atoms with van der Waals surface area (Å²) in [6.45, 7) is 4.18. The average molecular weight is 356 g/mol. The first kappa shape index (κ1) is 21.7. The second kappa shape index (κ2) is 13.9.